The molecular weight excluding hydrogens is 266 g/mol. The lowest BCUT2D eigenvalue weighted by molar-refractivity contribution is 0.100. The molecule has 1 aromatic heterocycles. The standard InChI is InChI=1S/C16H19N3O2/c17-16(21)13-5-3-4-12(10-13)14-6-7-15(19-11-14)18-8-1-2-9-20/h3-7,10-11,20H,1-2,8-9H2,(H2,17,21)(H,18,19). The number of primary amides is 1. The van der Waals surface area contributed by atoms with Crippen LogP contribution in [0.1, 0.15) is 23.2 Å². The minimum atomic E-state index is -0.438. The Labute approximate surface area is 123 Å². The second kappa shape index (κ2) is 7.40. The molecule has 4 N–H and O–H groups in total. The summed E-state index contributed by atoms with van der Waals surface area (Å²) >= 11 is 0. The van der Waals surface area contributed by atoms with E-state index in [0.29, 0.717) is 5.56 Å². The number of aliphatic hydroxyl groups excluding tert-OH is 1. The second-order valence-corrected chi connectivity index (χ2v) is 4.73. The molecule has 0 spiro atoms. The fraction of sp³-hybridized carbons (Fsp3) is 0.250. The Kier molecular flexibility index (Phi) is 5.29. The number of hydrogen-bond acceptors (Lipinski definition) is 4. The number of aromatic nitrogens is 1. The van der Waals surface area contributed by atoms with Gasteiger partial charge >= 0.3 is 0 Å². The lowest BCUT2D eigenvalue weighted by atomic mass is 10.0. The molecule has 0 fully saturated rings. The fourth-order valence-corrected chi connectivity index (χ4v) is 1.97. The molecule has 1 heterocycles. The summed E-state index contributed by atoms with van der Waals surface area (Å²) in [5, 5.41) is 11.9. The third-order valence-electron chi connectivity index (χ3n) is 3.13. The van der Waals surface area contributed by atoms with E-state index in [0.717, 1.165) is 36.3 Å². The number of nitrogens with zero attached hydrogens (tertiary/aromatic N) is 1. The van der Waals surface area contributed by atoms with Gasteiger partial charge in [0, 0.05) is 30.5 Å². The number of rotatable bonds is 7. The molecule has 110 valence electrons. The minimum Gasteiger partial charge on any atom is -0.396 e. The van der Waals surface area contributed by atoms with Crippen LogP contribution in [0.15, 0.2) is 42.6 Å². The summed E-state index contributed by atoms with van der Waals surface area (Å²) in [6, 6.07) is 11.0. The highest BCUT2D eigenvalue weighted by Gasteiger charge is 2.04. The Hall–Kier alpha value is -2.40. The van der Waals surface area contributed by atoms with Crippen LogP contribution in [0.2, 0.25) is 0 Å². The summed E-state index contributed by atoms with van der Waals surface area (Å²) < 4.78 is 0. The number of hydrogen-bond donors (Lipinski definition) is 3. The first kappa shape index (κ1) is 15.0. The smallest absolute Gasteiger partial charge is 0.248 e. The minimum absolute atomic E-state index is 0.213. The summed E-state index contributed by atoms with van der Waals surface area (Å²) in [7, 11) is 0. The van der Waals surface area contributed by atoms with E-state index >= 15 is 0 Å². The molecule has 5 heteroatoms. The van der Waals surface area contributed by atoms with Crippen LogP contribution in [0, 0.1) is 0 Å². The van der Waals surface area contributed by atoms with Crippen LogP contribution in [0.4, 0.5) is 5.82 Å². The molecule has 0 saturated heterocycles. The molecule has 2 rings (SSSR count). The van der Waals surface area contributed by atoms with Gasteiger partial charge in [-0.3, -0.25) is 4.79 Å². The van der Waals surface area contributed by atoms with Crippen molar-refractivity contribution >= 4 is 11.7 Å². The SMILES string of the molecule is NC(=O)c1cccc(-c2ccc(NCCCCO)nc2)c1. The predicted molar refractivity (Wildman–Crippen MR) is 83.0 cm³/mol. The van der Waals surface area contributed by atoms with Crippen LogP contribution in [0.25, 0.3) is 11.1 Å². The highest BCUT2D eigenvalue weighted by atomic mass is 16.2. The molecule has 5 nitrogen and oxygen atoms in total. The van der Waals surface area contributed by atoms with E-state index in [2.05, 4.69) is 10.3 Å². The maximum Gasteiger partial charge on any atom is 0.248 e. The molecule has 0 atom stereocenters. The van der Waals surface area contributed by atoms with Gasteiger partial charge in [0.2, 0.25) is 5.91 Å². The monoisotopic (exact) mass is 285 g/mol. The number of benzene rings is 1. The zero-order valence-corrected chi connectivity index (χ0v) is 11.7. The number of anilines is 1. The van der Waals surface area contributed by atoms with Crippen molar-refractivity contribution in [3.63, 3.8) is 0 Å². The summed E-state index contributed by atoms with van der Waals surface area (Å²) in [4.78, 5) is 15.5. The van der Waals surface area contributed by atoms with Gasteiger partial charge < -0.3 is 16.2 Å². The van der Waals surface area contributed by atoms with Crippen molar-refractivity contribution in [2.45, 2.75) is 12.8 Å². The number of amides is 1. The van der Waals surface area contributed by atoms with Crippen molar-refractivity contribution in [1.82, 2.24) is 4.98 Å². The van der Waals surface area contributed by atoms with Gasteiger partial charge in [-0.05, 0) is 42.7 Å². The van der Waals surface area contributed by atoms with Gasteiger partial charge in [0.25, 0.3) is 0 Å². The summed E-state index contributed by atoms with van der Waals surface area (Å²) in [5.74, 6) is 0.356. The van der Waals surface area contributed by atoms with Crippen molar-refractivity contribution in [3.8, 4) is 11.1 Å². The Morgan fingerprint density at radius 3 is 2.71 bits per heavy atom. The highest BCUT2D eigenvalue weighted by Crippen LogP contribution is 2.20. The van der Waals surface area contributed by atoms with Crippen LogP contribution >= 0.6 is 0 Å². The third kappa shape index (κ3) is 4.29. The van der Waals surface area contributed by atoms with Gasteiger partial charge in [-0.15, -0.1) is 0 Å². The predicted octanol–water partition coefficient (Wildman–Crippen LogP) is 2.03. The molecule has 21 heavy (non-hydrogen) atoms. The average Bonchev–Trinajstić information content (AvgIpc) is 2.52. The Bertz CT molecular complexity index is 597. The van der Waals surface area contributed by atoms with Crippen LogP contribution < -0.4 is 11.1 Å². The van der Waals surface area contributed by atoms with Crippen molar-refractivity contribution in [3.05, 3.63) is 48.2 Å². The molecule has 0 aliphatic carbocycles. The van der Waals surface area contributed by atoms with Gasteiger partial charge in [0.1, 0.15) is 5.82 Å². The van der Waals surface area contributed by atoms with E-state index in [-0.39, 0.29) is 6.61 Å². The van der Waals surface area contributed by atoms with Gasteiger partial charge in [-0.2, -0.15) is 0 Å². The van der Waals surface area contributed by atoms with Crippen molar-refractivity contribution in [2.75, 3.05) is 18.5 Å². The van der Waals surface area contributed by atoms with Crippen LogP contribution in [-0.4, -0.2) is 29.1 Å². The quantitative estimate of drug-likeness (QED) is 0.679. The summed E-state index contributed by atoms with van der Waals surface area (Å²) in [6.45, 7) is 0.994. The van der Waals surface area contributed by atoms with E-state index in [4.69, 9.17) is 10.8 Å². The van der Waals surface area contributed by atoms with Crippen molar-refractivity contribution in [2.24, 2.45) is 5.73 Å². The van der Waals surface area contributed by atoms with E-state index in [1.54, 1.807) is 24.4 Å². The molecule has 1 aromatic carbocycles. The average molecular weight is 285 g/mol. The maximum atomic E-state index is 11.2. The first-order valence-corrected chi connectivity index (χ1v) is 6.92. The largest absolute Gasteiger partial charge is 0.396 e. The normalized spacial score (nSPS) is 10.3. The molecular formula is C16H19N3O2. The molecule has 0 aliphatic rings. The van der Waals surface area contributed by atoms with Gasteiger partial charge in [-0.1, -0.05) is 12.1 Å². The number of carbonyl (C=O) groups is 1. The number of aliphatic hydroxyl groups is 1. The molecule has 0 bridgehead atoms. The summed E-state index contributed by atoms with van der Waals surface area (Å²) in [5.41, 5.74) is 7.60. The van der Waals surface area contributed by atoms with Crippen molar-refractivity contribution < 1.29 is 9.90 Å². The van der Waals surface area contributed by atoms with Crippen LogP contribution in [0.3, 0.4) is 0 Å². The van der Waals surface area contributed by atoms with E-state index in [9.17, 15) is 4.79 Å². The zero-order chi connectivity index (χ0) is 15.1. The van der Waals surface area contributed by atoms with Gasteiger partial charge in [-0.25, -0.2) is 4.98 Å². The Morgan fingerprint density at radius 1 is 1.19 bits per heavy atom. The fourth-order valence-electron chi connectivity index (χ4n) is 1.97. The highest BCUT2D eigenvalue weighted by molar-refractivity contribution is 5.94. The van der Waals surface area contributed by atoms with Crippen LogP contribution in [0.5, 0.6) is 0 Å². The Morgan fingerprint density at radius 2 is 2.05 bits per heavy atom. The Balaban J connectivity index is 2.04. The first-order chi connectivity index (χ1) is 10.2. The first-order valence-electron chi connectivity index (χ1n) is 6.92. The second-order valence-electron chi connectivity index (χ2n) is 4.73. The number of nitrogens with two attached hydrogens (primary N) is 1. The number of nitrogens with one attached hydrogen (secondary N) is 1. The zero-order valence-electron chi connectivity index (χ0n) is 11.7. The van der Waals surface area contributed by atoms with Gasteiger partial charge in [0.15, 0.2) is 0 Å². The number of pyridine rings is 1. The molecule has 1 amide bonds. The maximum absolute atomic E-state index is 11.2. The van der Waals surface area contributed by atoms with Crippen molar-refractivity contribution in [1.29, 1.82) is 0 Å². The molecule has 0 unspecified atom stereocenters. The van der Waals surface area contributed by atoms with Gasteiger partial charge in [0.05, 0.1) is 0 Å². The molecule has 0 aliphatic heterocycles. The lowest BCUT2D eigenvalue weighted by Crippen LogP contribution is -2.10. The van der Waals surface area contributed by atoms with E-state index in [1.807, 2.05) is 18.2 Å². The molecule has 0 saturated carbocycles. The molecule has 2 aromatic rings. The molecule has 0 radical (unpaired) electrons. The van der Waals surface area contributed by atoms with Crippen LogP contribution in [-0.2, 0) is 0 Å². The number of carbonyl (C=O) groups excluding carboxylic acids is 1. The van der Waals surface area contributed by atoms with E-state index < -0.39 is 5.91 Å². The summed E-state index contributed by atoms with van der Waals surface area (Å²) in [6.07, 6.45) is 3.44. The van der Waals surface area contributed by atoms with E-state index in [1.165, 1.54) is 0 Å². The number of unbranched alkanes of at least 4 members (excludes halogenated alkanes) is 1. The topological polar surface area (TPSA) is 88.2 Å². The third-order valence-corrected chi connectivity index (χ3v) is 3.13. The lowest BCUT2D eigenvalue weighted by Gasteiger charge is -2.07.